The molecule has 3 N–H and O–H groups in total. The van der Waals surface area contributed by atoms with Crippen LogP contribution in [0.2, 0.25) is 0 Å². The minimum absolute atomic E-state index is 0.0851. The van der Waals surface area contributed by atoms with Crippen molar-refractivity contribution < 1.29 is 24.5 Å². The number of aromatic hydroxyl groups is 1. The minimum Gasteiger partial charge on any atom is -0.508 e. The molecule has 2 unspecified atom stereocenters. The van der Waals surface area contributed by atoms with Crippen LogP contribution in [0.25, 0.3) is 10.6 Å². The average molecular weight is 380 g/mol. The van der Waals surface area contributed by atoms with Gasteiger partial charge in [-0.3, -0.25) is 10.1 Å². The van der Waals surface area contributed by atoms with Gasteiger partial charge in [-0.1, -0.05) is 0 Å². The van der Waals surface area contributed by atoms with Gasteiger partial charge in [0.25, 0.3) is 0 Å². The lowest BCUT2D eigenvalue weighted by Gasteiger charge is -2.14. The Hall–Kier alpha value is -2.10. The number of ether oxygens (including phenoxy) is 1. The fourth-order valence-electron chi connectivity index (χ4n) is 2.40. The van der Waals surface area contributed by atoms with Gasteiger partial charge in [-0.15, -0.1) is 23.1 Å². The summed E-state index contributed by atoms with van der Waals surface area (Å²) in [6.07, 6.45) is 1.47. The van der Waals surface area contributed by atoms with Crippen molar-refractivity contribution in [3.63, 3.8) is 0 Å². The Morgan fingerprint density at radius 3 is 2.92 bits per heavy atom. The number of nitrogens with zero attached hydrogens (tertiary/aromatic N) is 1. The number of carbonyl (C=O) groups is 2. The number of aromatic nitrogens is 1. The predicted molar refractivity (Wildman–Crippen MR) is 94.9 cm³/mol. The highest BCUT2D eigenvalue weighted by Gasteiger charge is 2.32. The second kappa shape index (κ2) is 7.42. The Morgan fingerprint density at radius 1 is 1.44 bits per heavy atom. The summed E-state index contributed by atoms with van der Waals surface area (Å²) < 4.78 is 4.96. The van der Waals surface area contributed by atoms with Crippen LogP contribution in [-0.4, -0.2) is 45.5 Å². The fraction of sp³-hybridized carbons (Fsp3) is 0.312. The summed E-state index contributed by atoms with van der Waals surface area (Å²) >= 11 is 2.63. The van der Waals surface area contributed by atoms with Crippen molar-refractivity contribution in [2.45, 2.75) is 18.3 Å². The first kappa shape index (κ1) is 17.7. The summed E-state index contributed by atoms with van der Waals surface area (Å²) in [5.74, 6) is -0.817. The van der Waals surface area contributed by atoms with Gasteiger partial charge >= 0.3 is 11.9 Å². The Morgan fingerprint density at radius 2 is 2.24 bits per heavy atom. The molecule has 2 heterocycles. The number of hydrogen-bond donors (Lipinski definition) is 3. The molecule has 3 rings (SSSR count). The van der Waals surface area contributed by atoms with Crippen molar-refractivity contribution in [3.05, 3.63) is 34.8 Å². The summed E-state index contributed by atoms with van der Waals surface area (Å²) in [6.45, 7) is 2.04. The standard InChI is InChI=1S/C16H16N2O5S2/c1-2-23-16(22)12-6-17-13(25-12)8-3-4-11(19)9(5-8)14-18-10(7-24-14)15(20)21/h3-6,10,14,18-19H,2,7H2,1H3,(H,20,21). The van der Waals surface area contributed by atoms with Crippen LogP contribution in [0.1, 0.15) is 27.5 Å². The lowest BCUT2D eigenvalue weighted by molar-refractivity contribution is -0.138. The number of carbonyl (C=O) groups excluding carboxylic acids is 1. The van der Waals surface area contributed by atoms with Gasteiger partial charge in [-0.25, -0.2) is 9.78 Å². The number of phenolic OH excluding ortho intramolecular Hbond substituents is 1. The van der Waals surface area contributed by atoms with Gasteiger partial charge in [0.1, 0.15) is 21.7 Å². The number of thiazole rings is 1. The zero-order chi connectivity index (χ0) is 18.0. The third kappa shape index (κ3) is 3.78. The zero-order valence-corrected chi connectivity index (χ0v) is 14.9. The van der Waals surface area contributed by atoms with Crippen molar-refractivity contribution in [2.75, 3.05) is 12.4 Å². The number of nitrogens with one attached hydrogen (secondary N) is 1. The molecule has 9 heteroatoms. The number of hydrogen-bond acceptors (Lipinski definition) is 8. The Balaban J connectivity index is 1.85. The smallest absolute Gasteiger partial charge is 0.349 e. The molecule has 2 aromatic rings. The van der Waals surface area contributed by atoms with Gasteiger partial charge in [-0.05, 0) is 25.1 Å². The normalized spacial score (nSPS) is 19.7. The van der Waals surface area contributed by atoms with Gasteiger partial charge < -0.3 is 14.9 Å². The van der Waals surface area contributed by atoms with Crippen LogP contribution in [0.3, 0.4) is 0 Å². The van der Waals surface area contributed by atoms with E-state index in [1.807, 2.05) is 0 Å². The molecule has 1 saturated heterocycles. The molecule has 0 radical (unpaired) electrons. The van der Waals surface area contributed by atoms with Crippen molar-refractivity contribution in [3.8, 4) is 16.3 Å². The van der Waals surface area contributed by atoms with Gasteiger partial charge in [0, 0.05) is 16.9 Å². The molecular weight excluding hydrogens is 364 g/mol. The second-order valence-electron chi connectivity index (χ2n) is 5.29. The lowest BCUT2D eigenvalue weighted by Crippen LogP contribution is -2.33. The van der Waals surface area contributed by atoms with E-state index in [-0.39, 0.29) is 11.1 Å². The summed E-state index contributed by atoms with van der Waals surface area (Å²) in [6, 6.07) is 4.37. The number of benzene rings is 1. The Kier molecular flexibility index (Phi) is 5.26. The fourth-order valence-corrected chi connectivity index (χ4v) is 4.45. The maximum absolute atomic E-state index is 11.8. The quantitative estimate of drug-likeness (QED) is 0.679. The van der Waals surface area contributed by atoms with Crippen molar-refractivity contribution >= 4 is 35.0 Å². The number of aliphatic carboxylic acids is 1. The maximum atomic E-state index is 11.8. The molecule has 25 heavy (non-hydrogen) atoms. The number of carboxylic acids is 1. The molecule has 1 aliphatic heterocycles. The molecule has 1 aromatic heterocycles. The number of carboxylic acid groups (broad SMARTS) is 1. The SMILES string of the molecule is CCOC(=O)c1cnc(-c2ccc(O)c(C3NC(C(=O)O)CS3)c2)s1. The summed E-state index contributed by atoms with van der Waals surface area (Å²) in [7, 11) is 0. The van der Waals surface area contributed by atoms with Crippen LogP contribution in [0.15, 0.2) is 24.4 Å². The molecule has 7 nitrogen and oxygen atoms in total. The average Bonchev–Trinajstić information content (AvgIpc) is 3.25. The van der Waals surface area contributed by atoms with E-state index in [9.17, 15) is 14.7 Å². The number of rotatable bonds is 5. The van der Waals surface area contributed by atoms with Crippen LogP contribution < -0.4 is 5.32 Å². The van der Waals surface area contributed by atoms with Gasteiger partial charge in [-0.2, -0.15) is 0 Å². The van der Waals surface area contributed by atoms with E-state index < -0.39 is 18.0 Å². The van der Waals surface area contributed by atoms with E-state index in [1.165, 1.54) is 29.3 Å². The lowest BCUT2D eigenvalue weighted by atomic mass is 10.1. The summed E-state index contributed by atoms with van der Waals surface area (Å²) in [5.41, 5.74) is 1.34. The molecule has 132 valence electrons. The minimum atomic E-state index is -0.912. The first-order valence-corrected chi connectivity index (χ1v) is 9.42. The Labute approximate surface area is 152 Å². The van der Waals surface area contributed by atoms with Crippen LogP contribution >= 0.6 is 23.1 Å². The van der Waals surface area contributed by atoms with Crippen LogP contribution in [0.5, 0.6) is 5.75 Å². The largest absolute Gasteiger partial charge is 0.508 e. The van der Waals surface area contributed by atoms with E-state index in [4.69, 9.17) is 9.84 Å². The summed E-state index contributed by atoms with van der Waals surface area (Å²) in [5, 5.41) is 22.5. The van der Waals surface area contributed by atoms with E-state index in [2.05, 4.69) is 10.3 Å². The van der Waals surface area contributed by atoms with Crippen LogP contribution in [-0.2, 0) is 9.53 Å². The highest BCUT2D eigenvalue weighted by molar-refractivity contribution is 7.99. The van der Waals surface area contributed by atoms with E-state index in [1.54, 1.807) is 25.1 Å². The molecule has 0 aliphatic carbocycles. The monoisotopic (exact) mass is 380 g/mol. The zero-order valence-electron chi connectivity index (χ0n) is 13.3. The first-order valence-electron chi connectivity index (χ1n) is 7.56. The number of thioether (sulfide) groups is 1. The molecule has 0 bridgehead atoms. The highest BCUT2D eigenvalue weighted by atomic mass is 32.2. The number of phenols is 1. The van der Waals surface area contributed by atoms with Crippen molar-refractivity contribution in [1.29, 1.82) is 0 Å². The molecule has 1 fully saturated rings. The van der Waals surface area contributed by atoms with Crippen molar-refractivity contribution in [2.24, 2.45) is 0 Å². The highest BCUT2D eigenvalue weighted by Crippen LogP contribution is 2.39. The van der Waals surface area contributed by atoms with Gasteiger partial charge in [0.2, 0.25) is 0 Å². The van der Waals surface area contributed by atoms with Crippen molar-refractivity contribution in [1.82, 2.24) is 10.3 Å². The maximum Gasteiger partial charge on any atom is 0.349 e. The van der Waals surface area contributed by atoms with E-state index >= 15 is 0 Å². The topological polar surface area (TPSA) is 109 Å². The van der Waals surface area contributed by atoms with Crippen LogP contribution in [0, 0.1) is 0 Å². The third-order valence-electron chi connectivity index (χ3n) is 3.62. The second-order valence-corrected chi connectivity index (χ2v) is 7.46. The summed E-state index contributed by atoms with van der Waals surface area (Å²) in [4.78, 5) is 27.5. The molecule has 0 saturated carbocycles. The Bertz CT molecular complexity index is 808. The predicted octanol–water partition coefficient (Wildman–Crippen LogP) is 2.48. The molecule has 1 aromatic carbocycles. The molecule has 2 atom stereocenters. The molecular formula is C16H16N2O5S2. The van der Waals surface area contributed by atoms with E-state index in [0.29, 0.717) is 27.8 Å². The molecule has 0 amide bonds. The number of esters is 1. The molecule has 1 aliphatic rings. The third-order valence-corrected chi connectivity index (χ3v) is 5.90. The van der Waals surface area contributed by atoms with E-state index in [0.717, 1.165) is 5.56 Å². The van der Waals surface area contributed by atoms with Gasteiger partial charge in [0.15, 0.2) is 0 Å². The first-order chi connectivity index (χ1) is 12.0. The van der Waals surface area contributed by atoms with Gasteiger partial charge in [0.05, 0.1) is 18.2 Å². The molecule has 0 spiro atoms. The van der Waals surface area contributed by atoms with Crippen LogP contribution in [0.4, 0.5) is 0 Å².